The van der Waals surface area contributed by atoms with Crippen LogP contribution in [0, 0.1) is 6.92 Å². The molecule has 0 aliphatic heterocycles. The zero-order valence-electron chi connectivity index (χ0n) is 9.70. The van der Waals surface area contributed by atoms with Crippen LogP contribution in [0.15, 0.2) is 24.4 Å². The second kappa shape index (κ2) is 4.94. The number of hydrogen-bond acceptors (Lipinski definition) is 4. The smallest absolute Gasteiger partial charge is 0.149 e. The van der Waals surface area contributed by atoms with Gasteiger partial charge in [0.15, 0.2) is 0 Å². The van der Waals surface area contributed by atoms with Gasteiger partial charge in [-0.2, -0.15) is 0 Å². The molecule has 3 N–H and O–H groups in total. The highest BCUT2D eigenvalue weighted by atomic mass is 35.5. The number of nitrogens with two attached hydrogens (primary N) is 1. The molecule has 5 heteroatoms. The number of nitrogen functional groups attached to an aromatic ring is 1. The molecule has 0 bridgehead atoms. The number of hydrogen-bond donors (Lipinski definition) is 2. The van der Waals surface area contributed by atoms with E-state index in [0.29, 0.717) is 5.69 Å². The maximum Gasteiger partial charge on any atom is 0.149 e. The van der Waals surface area contributed by atoms with E-state index in [0.717, 1.165) is 20.6 Å². The zero-order chi connectivity index (χ0) is 12.4. The molecule has 0 spiro atoms. The van der Waals surface area contributed by atoms with Crippen molar-refractivity contribution in [1.82, 2.24) is 4.98 Å². The molecule has 0 fully saturated rings. The molecule has 0 radical (unpaired) electrons. The van der Waals surface area contributed by atoms with E-state index in [4.69, 9.17) is 17.3 Å². The monoisotopic (exact) mass is 267 g/mol. The van der Waals surface area contributed by atoms with Crippen molar-refractivity contribution in [3.05, 3.63) is 39.2 Å². The lowest BCUT2D eigenvalue weighted by Gasteiger charge is -2.15. The fourth-order valence-corrected chi connectivity index (χ4v) is 2.59. The Balaban J connectivity index is 2.18. The molecule has 1 unspecified atom stereocenters. The molecule has 17 heavy (non-hydrogen) atoms. The molecular formula is C12H14ClN3S. The number of aromatic nitrogens is 1. The summed E-state index contributed by atoms with van der Waals surface area (Å²) in [6.45, 7) is 4.03. The number of aryl methyl sites for hydroxylation is 1. The van der Waals surface area contributed by atoms with Gasteiger partial charge in [0.1, 0.15) is 5.82 Å². The molecule has 2 aromatic rings. The average Bonchev–Trinajstić information content (AvgIpc) is 2.72. The molecule has 0 aliphatic carbocycles. The Morgan fingerprint density at radius 3 is 2.82 bits per heavy atom. The molecule has 0 amide bonds. The number of anilines is 2. The van der Waals surface area contributed by atoms with E-state index >= 15 is 0 Å². The maximum absolute atomic E-state index is 5.97. The first-order chi connectivity index (χ1) is 8.08. The number of rotatable bonds is 3. The third-order valence-corrected chi connectivity index (χ3v) is 4.00. The largest absolute Gasteiger partial charge is 0.396 e. The maximum atomic E-state index is 5.97. The van der Waals surface area contributed by atoms with Crippen LogP contribution >= 0.6 is 22.9 Å². The van der Waals surface area contributed by atoms with Gasteiger partial charge in [-0.1, -0.05) is 11.6 Å². The van der Waals surface area contributed by atoms with E-state index in [1.807, 2.05) is 25.1 Å². The third kappa shape index (κ3) is 2.70. The van der Waals surface area contributed by atoms with Gasteiger partial charge in [0.2, 0.25) is 0 Å². The Morgan fingerprint density at radius 2 is 2.18 bits per heavy atom. The summed E-state index contributed by atoms with van der Waals surface area (Å²) in [5, 5.41) is 3.30. The molecule has 0 saturated heterocycles. The normalized spacial score (nSPS) is 12.4. The Morgan fingerprint density at radius 1 is 1.41 bits per heavy atom. The number of nitrogens with zero attached hydrogens (tertiary/aromatic N) is 1. The lowest BCUT2D eigenvalue weighted by molar-refractivity contribution is 0.897. The molecule has 2 aromatic heterocycles. The van der Waals surface area contributed by atoms with E-state index in [-0.39, 0.29) is 6.04 Å². The first-order valence-electron chi connectivity index (χ1n) is 5.31. The highest BCUT2D eigenvalue weighted by Gasteiger charge is 2.11. The summed E-state index contributed by atoms with van der Waals surface area (Å²) < 4.78 is 0.791. The predicted octanol–water partition coefficient (Wildman–Crippen LogP) is 3.86. The quantitative estimate of drug-likeness (QED) is 0.888. The van der Waals surface area contributed by atoms with Gasteiger partial charge in [-0.25, -0.2) is 4.98 Å². The van der Waals surface area contributed by atoms with E-state index in [2.05, 4.69) is 17.2 Å². The third-order valence-electron chi connectivity index (χ3n) is 2.58. The topological polar surface area (TPSA) is 50.9 Å². The minimum Gasteiger partial charge on any atom is -0.396 e. The number of nitrogens with one attached hydrogen (secondary N) is 1. The molecule has 0 aliphatic rings. The number of pyridine rings is 1. The highest BCUT2D eigenvalue weighted by molar-refractivity contribution is 7.16. The Bertz CT molecular complexity index is 524. The van der Waals surface area contributed by atoms with Crippen LogP contribution in [-0.2, 0) is 0 Å². The van der Waals surface area contributed by atoms with Crippen molar-refractivity contribution >= 4 is 34.4 Å². The van der Waals surface area contributed by atoms with Gasteiger partial charge in [0.05, 0.1) is 16.1 Å². The molecule has 3 nitrogen and oxygen atoms in total. The summed E-state index contributed by atoms with van der Waals surface area (Å²) in [6, 6.07) is 5.94. The van der Waals surface area contributed by atoms with Gasteiger partial charge >= 0.3 is 0 Å². The first kappa shape index (κ1) is 12.2. The van der Waals surface area contributed by atoms with Crippen molar-refractivity contribution in [2.75, 3.05) is 11.1 Å². The van der Waals surface area contributed by atoms with Gasteiger partial charge in [0.25, 0.3) is 0 Å². The predicted molar refractivity (Wildman–Crippen MR) is 74.8 cm³/mol. The molecule has 90 valence electrons. The molecule has 1 atom stereocenters. The van der Waals surface area contributed by atoms with Crippen molar-refractivity contribution in [2.45, 2.75) is 19.9 Å². The minimum absolute atomic E-state index is 0.143. The van der Waals surface area contributed by atoms with Crippen molar-refractivity contribution < 1.29 is 0 Å². The van der Waals surface area contributed by atoms with Crippen molar-refractivity contribution in [1.29, 1.82) is 0 Å². The van der Waals surface area contributed by atoms with E-state index in [1.165, 1.54) is 0 Å². The fraction of sp³-hybridized carbons (Fsp3) is 0.250. The minimum atomic E-state index is 0.143. The van der Waals surface area contributed by atoms with Crippen LogP contribution < -0.4 is 11.1 Å². The Labute approximate surface area is 110 Å². The summed E-state index contributed by atoms with van der Waals surface area (Å²) in [4.78, 5) is 5.41. The van der Waals surface area contributed by atoms with E-state index in [1.54, 1.807) is 17.5 Å². The average molecular weight is 268 g/mol. The SMILES string of the molecule is Cc1ccnc(NC(C)c2ccc(Cl)s2)c1N. The lowest BCUT2D eigenvalue weighted by Crippen LogP contribution is -2.09. The standard InChI is InChI=1S/C12H14ClN3S/c1-7-5-6-15-12(11(7)14)16-8(2)9-3-4-10(13)17-9/h3-6,8H,14H2,1-2H3,(H,15,16). The summed E-state index contributed by atoms with van der Waals surface area (Å²) in [6.07, 6.45) is 1.75. The summed E-state index contributed by atoms with van der Waals surface area (Å²) in [5.74, 6) is 0.724. The van der Waals surface area contributed by atoms with Crippen LogP contribution in [0.1, 0.15) is 23.4 Å². The molecule has 2 heterocycles. The van der Waals surface area contributed by atoms with Gasteiger partial charge in [-0.15, -0.1) is 11.3 Å². The molecule has 0 saturated carbocycles. The number of halogens is 1. The molecule has 0 aromatic carbocycles. The van der Waals surface area contributed by atoms with Gasteiger partial charge in [-0.3, -0.25) is 0 Å². The summed E-state index contributed by atoms with van der Waals surface area (Å²) >= 11 is 7.47. The van der Waals surface area contributed by atoms with Crippen molar-refractivity contribution in [2.24, 2.45) is 0 Å². The van der Waals surface area contributed by atoms with Crippen LogP contribution in [-0.4, -0.2) is 4.98 Å². The summed E-state index contributed by atoms with van der Waals surface area (Å²) in [7, 11) is 0. The van der Waals surface area contributed by atoms with Crippen LogP contribution in [0.5, 0.6) is 0 Å². The zero-order valence-corrected chi connectivity index (χ0v) is 11.3. The highest BCUT2D eigenvalue weighted by Crippen LogP contribution is 2.30. The molecule has 2 rings (SSSR count). The van der Waals surface area contributed by atoms with Gasteiger partial charge in [-0.05, 0) is 37.6 Å². The van der Waals surface area contributed by atoms with Crippen molar-refractivity contribution in [3.8, 4) is 0 Å². The second-order valence-corrected chi connectivity index (χ2v) is 5.64. The summed E-state index contributed by atoms with van der Waals surface area (Å²) in [5.41, 5.74) is 7.69. The van der Waals surface area contributed by atoms with E-state index < -0.39 is 0 Å². The Kier molecular flexibility index (Phi) is 3.54. The van der Waals surface area contributed by atoms with Gasteiger partial charge < -0.3 is 11.1 Å². The lowest BCUT2D eigenvalue weighted by atomic mass is 10.2. The van der Waals surface area contributed by atoms with E-state index in [9.17, 15) is 0 Å². The van der Waals surface area contributed by atoms with Gasteiger partial charge in [0, 0.05) is 11.1 Å². The van der Waals surface area contributed by atoms with Crippen LogP contribution in [0.2, 0.25) is 4.34 Å². The second-order valence-electron chi connectivity index (χ2n) is 3.90. The van der Waals surface area contributed by atoms with Crippen LogP contribution in [0.4, 0.5) is 11.5 Å². The Hall–Kier alpha value is -1.26. The van der Waals surface area contributed by atoms with Crippen LogP contribution in [0.25, 0.3) is 0 Å². The van der Waals surface area contributed by atoms with Crippen molar-refractivity contribution in [3.63, 3.8) is 0 Å². The van der Waals surface area contributed by atoms with Crippen LogP contribution in [0.3, 0.4) is 0 Å². The number of thiophene rings is 1. The fourth-order valence-electron chi connectivity index (χ4n) is 1.52. The molecular weight excluding hydrogens is 254 g/mol. The first-order valence-corrected chi connectivity index (χ1v) is 6.50.